The number of ether oxygens (including phenoxy) is 1. The molecule has 20 heavy (non-hydrogen) atoms. The normalized spacial score (nSPS) is 18.8. The summed E-state index contributed by atoms with van der Waals surface area (Å²) in [6, 6.07) is 7.29. The largest absolute Gasteiger partial charge is 0.468 e. The Kier molecular flexibility index (Phi) is 4.50. The first-order valence-electron chi connectivity index (χ1n) is 6.53. The maximum atomic E-state index is 12.0. The van der Waals surface area contributed by atoms with Crippen LogP contribution in [-0.2, 0) is 14.3 Å². The number of carbonyl (C=O) groups is 3. The summed E-state index contributed by atoms with van der Waals surface area (Å²) >= 11 is 0. The summed E-state index contributed by atoms with van der Waals surface area (Å²) < 4.78 is 4.57. The molecule has 106 valence electrons. The number of likely N-dealkylation sites (tertiary alicyclic amines) is 1. The van der Waals surface area contributed by atoms with Crippen molar-refractivity contribution in [2.24, 2.45) is 0 Å². The highest BCUT2D eigenvalue weighted by Gasteiger charge is 2.28. The molecule has 1 fully saturated rings. The van der Waals surface area contributed by atoms with Crippen LogP contribution in [0.2, 0.25) is 0 Å². The fourth-order valence-electron chi connectivity index (χ4n) is 2.40. The average molecular weight is 275 g/mol. The molecule has 0 radical (unpaired) electrons. The lowest BCUT2D eigenvalue weighted by molar-refractivity contribution is -0.148. The first-order chi connectivity index (χ1) is 9.63. The molecule has 0 aromatic heterocycles. The summed E-state index contributed by atoms with van der Waals surface area (Å²) in [6.45, 7) is 0.570. The van der Waals surface area contributed by atoms with Gasteiger partial charge >= 0.3 is 5.97 Å². The van der Waals surface area contributed by atoms with Crippen LogP contribution in [0.15, 0.2) is 24.3 Å². The van der Waals surface area contributed by atoms with Gasteiger partial charge in [0.15, 0.2) is 0 Å². The quantitative estimate of drug-likeness (QED) is 0.615. The lowest BCUT2D eigenvalue weighted by Gasteiger charge is -2.31. The molecule has 1 atom stereocenters. The van der Waals surface area contributed by atoms with Crippen LogP contribution in [0.1, 0.15) is 34.7 Å². The van der Waals surface area contributed by atoms with E-state index in [9.17, 15) is 14.4 Å². The van der Waals surface area contributed by atoms with Gasteiger partial charge in [0, 0.05) is 18.5 Å². The van der Waals surface area contributed by atoms with Crippen molar-refractivity contribution in [3.05, 3.63) is 35.4 Å². The Hall–Kier alpha value is -2.17. The second-order valence-electron chi connectivity index (χ2n) is 4.87. The molecule has 1 aliphatic heterocycles. The third-order valence-electron chi connectivity index (χ3n) is 3.61. The van der Waals surface area contributed by atoms with Crippen LogP contribution in [0.3, 0.4) is 0 Å². The van der Waals surface area contributed by atoms with Crippen molar-refractivity contribution >= 4 is 18.2 Å². The minimum absolute atomic E-state index is 0.0200. The Balaban J connectivity index is 1.99. The molecular weight excluding hydrogens is 258 g/mol. The molecule has 1 amide bonds. The number of hydrogen-bond donors (Lipinski definition) is 0. The number of esters is 1. The molecule has 5 heteroatoms. The van der Waals surface area contributed by atoms with Gasteiger partial charge in [-0.3, -0.25) is 14.4 Å². The van der Waals surface area contributed by atoms with E-state index in [1.165, 1.54) is 12.0 Å². The van der Waals surface area contributed by atoms with Gasteiger partial charge in [-0.2, -0.15) is 0 Å². The van der Waals surface area contributed by atoms with E-state index in [0.29, 0.717) is 18.5 Å². The van der Waals surface area contributed by atoms with Crippen molar-refractivity contribution in [3.63, 3.8) is 0 Å². The molecule has 5 nitrogen and oxygen atoms in total. The molecule has 2 rings (SSSR count). The highest BCUT2D eigenvalue weighted by Crippen LogP contribution is 2.28. The van der Waals surface area contributed by atoms with Gasteiger partial charge in [0.2, 0.25) is 5.91 Å². The molecule has 1 saturated heterocycles. The fourth-order valence-corrected chi connectivity index (χ4v) is 2.40. The summed E-state index contributed by atoms with van der Waals surface area (Å²) in [5.41, 5.74) is 1.69. The third-order valence-corrected chi connectivity index (χ3v) is 3.61. The van der Waals surface area contributed by atoms with E-state index >= 15 is 0 Å². The van der Waals surface area contributed by atoms with E-state index in [1.54, 1.807) is 12.1 Å². The van der Waals surface area contributed by atoms with Gasteiger partial charge in [0.25, 0.3) is 0 Å². The van der Waals surface area contributed by atoms with Gasteiger partial charge in [0.1, 0.15) is 12.8 Å². The van der Waals surface area contributed by atoms with E-state index in [0.717, 1.165) is 18.3 Å². The standard InChI is InChI=1S/C15H17NO4/c1-20-15(19)9-16-7-6-13(8-14(16)18)12-4-2-11(10-17)3-5-12/h2-5,10,13H,6-9H2,1H3/t13-/m1/s1. The van der Waals surface area contributed by atoms with Crippen molar-refractivity contribution in [1.29, 1.82) is 0 Å². The van der Waals surface area contributed by atoms with Crippen molar-refractivity contribution in [2.75, 3.05) is 20.2 Å². The zero-order valence-electron chi connectivity index (χ0n) is 11.4. The van der Waals surface area contributed by atoms with Crippen molar-refractivity contribution in [3.8, 4) is 0 Å². The van der Waals surface area contributed by atoms with Crippen LogP contribution in [0.25, 0.3) is 0 Å². The van der Waals surface area contributed by atoms with Crippen LogP contribution in [0, 0.1) is 0 Å². The number of rotatable bonds is 4. The maximum Gasteiger partial charge on any atom is 0.325 e. The van der Waals surface area contributed by atoms with E-state index in [-0.39, 0.29) is 18.4 Å². The number of piperidine rings is 1. The number of methoxy groups -OCH3 is 1. The Bertz CT molecular complexity index is 509. The molecule has 1 heterocycles. The minimum atomic E-state index is -0.396. The number of amides is 1. The molecular formula is C15H17NO4. The van der Waals surface area contributed by atoms with Crippen LogP contribution in [0.5, 0.6) is 0 Å². The van der Waals surface area contributed by atoms with Gasteiger partial charge in [-0.15, -0.1) is 0 Å². The zero-order chi connectivity index (χ0) is 14.5. The van der Waals surface area contributed by atoms with Crippen LogP contribution < -0.4 is 0 Å². The smallest absolute Gasteiger partial charge is 0.325 e. The second-order valence-corrected chi connectivity index (χ2v) is 4.87. The van der Waals surface area contributed by atoms with Gasteiger partial charge in [-0.1, -0.05) is 24.3 Å². The topological polar surface area (TPSA) is 63.7 Å². The SMILES string of the molecule is COC(=O)CN1CC[C@@H](c2ccc(C=O)cc2)CC1=O. The molecule has 0 bridgehead atoms. The maximum absolute atomic E-state index is 12.0. The fraction of sp³-hybridized carbons (Fsp3) is 0.400. The molecule has 0 aliphatic carbocycles. The third kappa shape index (κ3) is 3.23. The second kappa shape index (κ2) is 6.32. The Morgan fingerprint density at radius 3 is 2.65 bits per heavy atom. The Labute approximate surface area is 117 Å². The lowest BCUT2D eigenvalue weighted by Crippen LogP contribution is -2.41. The average Bonchev–Trinajstić information content (AvgIpc) is 2.49. The van der Waals surface area contributed by atoms with Crippen LogP contribution in [0.4, 0.5) is 0 Å². The molecule has 0 saturated carbocycles. The van der Waals surface area contributed by atoms with Gasteiger partial charge < -0.3 is 9.64 Å². The number of aldehydes is 1. The van der Waals surface area contributed by atoms with E-state index in [4.69, 9.17) is 0 Å². The molecule has 0 N–H and O–H groups in total. The molecule has 1 aromatic rings. The zero-order valence-corrected chi connectivity index (χ0v) is 11.4. The van der Waals surface area contributed by atoms with Gasteiger partial charge in [0.05, 0.1) is 7.11 Å². The first-order valence-corrected chi connectivity index (χ1v) is 6.53. The lowest BCUT2D eigenvalue weighted by atomic mass is 9.88. The molecule has 0 spiro atoms. The van der Waals surface area contributed by atoms with Crippen molar-refractivity contribution in [1.82, 2.24) is 4.90 Å². The van der Waals surface area contributed by atoms with Crippen molar-refractivity contribution < 1.29 is 19.1 Å². The number of benzene rings is 1. The number of carbonyl (C=O) groups excluding carboxylic acids is 3. The predicted octanol–water partition coefficient (Wildman–Crippen LogP) is 1.38. The molecule has 1 aliphatic rings. The molecule has 0 unspecified atom stereocenters. The number of nitrogens with zero attached hydrogens (tertiary/aromatic N) is 1. The van der Waals surface area contributed by atoms with E-state index in [1.807, 2.05) is 12.1 Å². The van der Waals surface area contributed by atoms with Crippen LogP contribution >= 0.6 is 0 Å². The molecule has 1 aromatic carbocycles. The Morgan fingerprint density at radius 2 is 2.10 bits per heavy atom. The summed E-state index contributed by atoms with van der Waals surface area (Å²) in [5.74, 6) is -0.282. The van der Waals surface area contributed by atoms with Gasteiger partial charge in [-0.05, 0) is 17.9 Å². The predicted molar refractivity (Wildman–Crippen MR) is 72.4 cm³/mol. The van der Waals surface area contributed by atoms with Gasteiger partial charge in [-0.25, -0.2) is 0 Å². The summed E-state index contributed by atoms with van der Waals surface area (Å²) in [5, 5.41) is 0. The van der Waals surface area contributed by atoms with E-state index < -0.39 is 5.97 Å². The van der Waals surface area contributed by atoms with Crippen molar-refractivity contribution in [2.45, 2.75) is 18.8 Å². The number of hydrogen-bond acceptors (Lipinski definition) is 4. The highest BCUT2D eigenvalue weighted by atomic mass is 16.5. The first kappa shape index (κ1) is 14.2. The summed E-state index contributed by atoms with van der Waals surface area (Å²) in [4.78, 5) is 35.4. The van der Waals surface area contributed by atoms with Crippen LogP contribution in [-0.4, -0.2) is 43.3 Å². The summed E-state index contributed by atoms with van der Waals surface area (Å²) in [6.07, 6.45) is 1.99. The Morgan fingerprint density at radius 1 is 1.40 bits per heavy atom. The highest BCUT2D eigenvalue weighted by molar-refractivity contribution is 5.83. The summed E-state index contributed by atoms with van der Waals surface area (Å²) in [7, 11) is 1.31. The minimum Gasteiger partial charge on any atom is -0.468 e. The van der Waals surface area contributed by atoms with E-state index in [2.05, 4.69) is 4.74 Å². The monoisotopic (exact) mass is 275 g/mol.